The molecule has 1 N–H and O–H groups in total. The van der Waals surface area contributed by atoms with Crippen molar-refractivity contribution in [2.75, 3.05) is 13.1 Å². The van der Waals surface area contributed by atoms with Gasteiger partial charge in [0.25, 0.3) is 0 Å². The van der Waals surface area contributed by atoms with E-state index in [1.54, 1.807) is 0 Å². The first kappa shape index (κ1) is 9.37. The fraction of sp³-hybridized carbons (Fsp3) is 0.538. The van der Waals surface area contributed by atoms with Crippen LogP contribution in [0.25, 0.3) is 0 Å². The fourth-order valence-electron chi connectivity index (χ4n) is 2.95. The molecule has 0 aliphatic carbocycles. The molecular weight excluding hydrogens is 186 g/mol. The molecular formula is C13H17NO. The number of nitrogens with one attached hydrogen (secondary N) is 1. The van der Waals surface area contributed by atoms with Gasteiger partial charge in [0.1, 0.15) is 0 Å². The van der Waals surface area contributed by atoms with E-state index in [2.05, 4.69) is 36.5 Å². The molecule has 0 saturated carbocycles. The van der Waals surface area contributed by atoms with E-state index < -0.39 is 0 Å². The Bertz CT molecular complexity index is 369. The minimum atomic E-state index is 0.0151. The molecule has 80 valence electrons. The Morgan fingerprint density at radius 1 is 1.27 bits per heavy atom. The van der Waals surface area contributed by atoms with E-state index in [-0.39, 0.29) is 11.7 Å². The third-order valence-electron chi connectivity index (χ3n) is 3.70. The van der Waals surface area contributed by atoms with Crippen molar-refractivity contribution >= 4 is 0 Å². The Hall–Kier alpha value is -0.860. The van der Waals surface area contributed by atoms with Crippen molar-refractivity contribution in [1.29, 1.82) is 0 Å². The van der Waals surface area contributed by atoms with Crippen molar-refractivity contribution in [1.82, 2.24) is 5.32 Å². The first-order valence-corrected chi connectivity index (χ1v) is 5.80. The van der Waals surface area contributed by atoms with Gasteiger partial charge in [0.05, 0.1) is 11.7 Å². The number of ether oxygens (including phenoxy) is 1. The highest BCUT2D eigenvalue weighted by Gasteiger charge is 2.43. The molecule has 0 radical (unpaired) electrons. The lowest BCUT2D eigenvalue weighted by Gasteiger charge is -2.34. The van der Waals surface area contributed by atoms with Gasteiger partial charge in [-0.15, -0.1) is 0 Å². The molecule has 1 spiro atoms. The van der Waals surface area contributed by atoms with Crippen molar-refractivity contribution in [3.8, 4) is 0 Å². The maximum absolute atomic E-state index is 6.22. The summed E-state index contributed by atoms with van der Waals surface area (Å²) in [6.07, 6.45) is 2.47. The largest absolute Gasteiger partial charge is 0.363 e. The van der Waals surface area contributed by atoms with Crippen molar-refractivity contribution in [3.63, 3.8) is 0 Å². The van der Waals surface area contributed by atoms with Gasteiger partial charge >= 0.3 is 0 Å². The molecule has 2 aliphatic rings. The molecule has 3 rings (SSSR count). The second kappa shape index (κ2) is 3.32. The molecule has 1 saturated heterocycles. The van der Waals surface area contributed by atoms with Crippen LogP contribution >= 0.6 is 0 Å². The first-order valence-electron chi connectivity index (χ1n) is 5.80. The van der Waals surface area contributed by atoms with Crippen LogP contribution in [0.4, 0.5) is 0 Å². The third-order valence-corrected chi connectivity index (χ3v) is 3.70. The van der Waals surface area contributed by atoms with E-state index in [4.69, 9.17) is 4.74 Å². The van der Waals surface area contributed by atoms with Gasteiger partial charge in [-0.3, -0.25) is 0 Å². The summed E-state index contributed by atoms with van der Waals surface area (Å²) < 4.78 is 6.22. The zero-order valence-electron chi connectivity index (χ0n) is 9.12. The summed E-state index contributed by atoms with van der Waals surface area (Å²) in [5, 5.41) is 3.40. The first-order chi connectivity index (χ1) is 7.32. The van der Waals surface area contributed by atoms with Gasteiger partial charge in [-0.05, 0) is 44.0 Å². The Kier molecular flexibility index (Phi) is 2.08. The molecule has 0 bridgehead atoms. The van der Waals surface area contributed by atoms with Crippen LogP contribution < -0.4 is 5.32 Å². The molecule has 15 heavy (non-hydrogen) atoms. The monoisotopic (exact) mass is 203 g/mol. The van der Waals surface area contributed by atoms with Crippen LogP contribution in [-0.4, -0.2) is 13.1 Å². The Labute approximate surface area is 90.6 Å². The summed E-state index contributed by atoms with van der Waals surface area (Å²) in [5.41, 5.74) is 2.83. The summed E-state index contributed by atoms with van der Waals surface area (Å²) in [7, 11) is 0. The van der Waals surface area contributed by atoms with E-state index in [0.29, 0.717) is 0 Å². The molecule has 2 aliphatic heterocycles. The van der Waals surface area contributed by atoms with E-state index in [1.807, 2.05) is 0 Å². The highest BCUT2D eigenvalue weighted by Crippen LogP contribution is 2.47. The molecule has 2 heterocycles. The van der Waals surface area contributed by atoms with Crippen LogP contribution in [0.15, 0.2) is 24.3 Å². The number of hydrogen-bond acceptors (Lipinski definition) is 2. The molecule has 1 fully saturated rings. The zero-order chi connectivity index (χ0) is 10.3. The van der Waals surface area contributed by atoms with Crippen LogP contribution in [0.1, 0.15) is 37.0 Å². The minimum Gasteiger partial charge on any atom is -0.363 e. The van der Waals surface area contributed by atoms with Gasteiger partial charge in [-0.1, -0.05) is 24.3 Å². The third kappa shape index (κ3) is 1.32. The van der Waals surface area contributed by atoms with Crippen LogP contribution in [0.3, 0.4) is 0 Å². The summed E-state index contributed by atoms with van der Waals surface area (Å²) in [4.78, 5) is 0. The zero-order valence-corrected chi connectivity index (χ0v) is 9.12. The van der Waals surface area contributed by atoms with Gasteiger partial charge in [0.2, 0.25) is 0 Å². The van der Waals surface area contributed by atoms with Crippen LogP contribution in [0.5, 0.6) is 0 Å². The SMILES string of the molecule is CC1OC2(CCNCC2)c2ccccc21. The number of fused-ring (bicyclic) bond motifs is 2. The van der Waals surface area contributed by atoms with E-state index in [1.165, 1.54) is 11.1 Å². The molecule has 0 amide bonds. The van der Waals surface area contributed by atoms with Crippen molar-refractivity contribution in [2.24, 2.45) is 0 Å². The van der Waals surface area contributed by atoms with Crippen molar-refractivity contribution in [2.45, 2.75) is 31.5 Å². The van der Waals surface area contributed by atoms with Gasteiger partial charge in [-0.2, -0.15) is 0 Å². The van der Waals surface area contributed by atoms with E-state index >= 15 is 0 Å². The maximum atomic E-state index is 6.22. The predicted molar refractivity (Wildman–Crippen MR) is 59.7 cm³/mol. The molecule has 1 aromatic carbocycles. The van der Waals surface area contributed by atoms with E-state index in [0.717, 1.165) is 25.9 Å². The number of rotatable bonds is 0. The highest BCUT2D eigenvalue weighted by molar-refractivity contribution is 5.38. The second-order valence-corrected chi connectivity index (χ2v) is 4.59. The number of benzene rings is 1. The van der Waals surface area contributed by atoms with Gasteiger partial charge < -0.3 is 10.1 Å². The standard InChI is InChI=1S/C13H17NO/c1-10-11-4-2-3-5-12(11)13(15-10)6-8-14-9-7-13/h2-5,10,14H,6-9H2,1H3. The topological polar surface area (TPSA) is 21.3 Å². The summed E-state index contributed by atoms with van der Waals surface area (Å²) in [6.45, 7) is 4.30. The Morgan fingerprint density at radius 2 is 2.00 bits per heavy atom. The van der Waals surface area contributed by atoms with Crippen molar-refractivity contribution in [3.05, 3.63) is 35.4 Å². The minimum absolute atomic E-state index is 0.0151. The predicted octanol–water partition coefficient (Wildman–Crippen LogP) is 2.36. The van der Waals surface area contributed by atoms with Crippen LogP contribution in [0.2, 0.25) is 0 Å². The molecule has 1 atom stereocenters. The van der Waals surface area contributed by atoms with E-state index in [9.17, 15) is 0 Å². The smallest absolute Gasteiger partial charge is 0.0967 e. The van der Waals surface area contributed by atoms with Gasteiger partial charge in [0, 0.05) is 0 Å². The van der Waals surface area contributed by atoms with Gasteiger partial charge in [-0.25, -0.2) is 0 Å². The highest BCUT2D eigenvalue weighted by atomic mass is 16.5. The summed E-state index contributed by atoms with van der Waals surface area (Å²) >= 11 is 0. The van der Waals surface area contributed by atoms with Crippen LogP contribution in [-0.2, 0) is 10.3 Å². The lowest BCUT2D eigenvalue weighted by molar-refractivity contribution is -0.0875. The second-order valence-electron chi connectivity index (χ2n) is 4.59. The Balaban J connectivity index is 2.06. The summed E-state index contributed by atoms with van der Waals surface area (Å²) in [6, 6.07) is 8.68. The Morgan fingerprint density at radius 3 is 2.80 bits per heavy atom. The molecule has 1 unspecified atom stereocenters. The fourth-order valence-corrected chi connectivity index (χ4v) is 2.95. The molecule has 2 nitrogen and oxygen atoms in total. The molecule has 1 aromatic rings. The molecule has 2 heteroatoms. The number of hydrogen-bond donors (Lipinski definition) is 1. The van der Waals surface area contributed by atoms with Crippen molar-refractivity contribution < 1.29 is 4.74 Å². The normalized spacial score (nSPS) is 27.9. The lowest BCUT2D eigenvalue weighted by atomic mass is 9.84. The van der Waals surface area contributed by atoms with Gasteiger partial charge in [0.15, 0.2) is 0 Å². The average molecular weight is 203 g/mol. The number of piperidine rings is 1. The lowest BCUT2D eigenvalue weighted by Crippen LogP contribution is -2.39. The summed E-state index contributed by atoms with van der Waals surface area (Å²) in [5.74, 6) is 0. The quantitative estimate of drug-likeness (QED) is 0.699. The molecule has 0 aromatic heterocycles. The average Bonchev–Trinajstić information content (AvgIpc) is 2.55. The van der Waals surface area contributed by atoms with Crippen LogP contribution in [0, 0.1) is 0 Å². The maximum Gasteiger partial charge on any atom is 0.0967 e.